The van der Waals surface area contributed by atoms with Crippen LogP contribution in [0.2, 0.25) is 0 Å². The number of unbranched alkanes of at least 4 members (excludes halogenated alkanes) is 2. The van der Waals surface area contributed by atoms with Crippen LogP contribution >= 0.6 is 7.60 Å². The van der Waals surface area contributed by atoms with Gasteiger partial charge in [0.2, 0.25) is 0 Å². The van der Waals surface area contributed by atoms with Crippen molar-refractivity contribution in [1.82, 2.24) is 0 Å². The molecule has 1 atom stereocenters. The molecule has 1 rings (SSSR count). The number of benzene rings is 1. The van der Waals surface area contributed by atoms with E-state index in [1.54, 1.807) is 6.07 Å². The first kappa shape index (κ1) is 16.4. The third kappa shape index (κ3) is 4.45. The molecule has 108 valence electrons. The first-order chi connectivity index (χ1) is 9.06. The molecule has 0 amide bonds. The van der Waals surface area contributed by atoms with Crippen molar-refractivity contribution < 1.29 is 14.0 Å². The maximum atomic E-state index is 12.1. The molecular formula is C15H25O3P. The lowest BCUT2D eigenvalue weighted by atomic mass is 9.98. The van der Waals surface area contributed by atoms with Gasteiger partial charge in [-0.05, 0) is 42.9 Å². The molecule has 0 aliphatic carbocycles. The van der Waals surface area contributed by atoms with Crippen LogP contribution in [0.3, 0.4) is 0 Å². The van der Waals surface area contributed by atoms with E-state index in [1.165, 1.54) is 12.7 Å². The molecule has 4 heteroatoms. The minimum atomic E-state index is -3.66. The topological polar surface area (TPSA) is 46.5 Å². The van der Waals surface area contributed by atoms with E-state index in [2.05, 4.69) is 19.9 Å². The summed E-state index contributed by atoms with van der Waals surface area (Å²) in [6.45, 7) is 4.28. The Morgan fingerprint density at radius 2 is 1.79 bits per heavy atom. The molecule has 0 heterocycles. The molecule has 0 saturated heterocycles. The van der Waals surface area contributed by atoms with E-state index in [-0.39, 0.29) is 0 Å². The molecule has 0 bridgehead atoms. The van der Waals surface area contributed by atoms with Gasteiger partial charge in [0, 0.05) is 7.11 Å². The molecule has 1 N–H and O–H groups in total. The highest BCUT2D eigenvalue weighted by Gasteiger charge is 2.25. The summed E-state index contributed by atoms with van der Waals surface area (Å²) in [6, 6.07) is 5.65. The van der Waals surface area contributed by atoms with E-state index in [0.717, 1.165) is 44.1 Å². The summed E-state index contributed by atoms with van der Waals surface area (Å²) in [6.07, 6.45) is 6.14. The van der Waals surface area contributed by atoms with Crippen molar-refractivity contribution in [2.75, 3.05) is 7.11 Å². The van der Waals surface area contributed by atoms with Gasteiger partial charge in [0.05, 0.1) is 5.30 Å². The minimum Gasteiger partial charge on any atom is -0.321 e. The second-order valence-electron chi connectivity index (χ2n) is 4.82. The van der Waals surface area contributed by atoms with E-state index in [0.29, 0.717) is 5.30 Å². The van der Waals surface area contributed by atoms with Crippen LogP contribution < -0.4 is 5.30 Å². The van der Waals surface area contributed by atoms with Crippen molar-refractivity contribution in [1.29, 1.82) is 0 Å². The first-order valence-corrected chi connectivity index (χ1v) is 8.64. The number of hydrogen-bond donors (Lipinski definition) is 1. The Kier molecular flexibility index (Phi) is 6.78. The van der Waals surface area contributed by atoms with Crippen molar-refractivity contribution in [3.8, 4) is 0 Å². The lowest BCUT2D eigenvalue weighted by Crippen LogP contribution is -2.15. The second-order valence-corrected chi connectivity index (χ2v) is 6.71. The van der Waals surface area contributed by atoms with Gasteiger partial charge < -0.3 is 9.42 Å². The average molecular weight is 284 g/mol. The largest absolute Gasteiger partial charge is 0.358 e. The van der Waals surface area contributed by atoms with E-state index in [1.807, 2.05) is 6.07 Å². The van der Waals surface area contributed by atoms with Crippen LogP contribution in [0.4, 0.5) is 0 Å². The lowest BCUT2D eigenvalue weighted by molar-refractivity contribution is 0.327. The molecule has 1 unspecified atom stereocenters. The van der Waals surface area contributed by atoms with Gasteiger partial charge in [0.25, 0.3) is 0 Å². The van der Waals surface area contributed by atoms with Crippen LogP contribution in [0.1, 0.15) is 50.7 Å². The van der Waals surface area contributed by atoms with Gasteiger partial charge in [0.1, 0.15) is 0 Å². The highest BCUT2D eigenvalue weighted by Crippen LogP contribution is 2.41. The second kappa shape index (κ2) is 7.84. The SMILES string of the molecule is CCCCc1cccc(P(=O)(O)OC)c1CCCC. The fourth-order valence-corrected chi connectivity index (χ4v) is 3.30. The zero-order valence-corrected chi connectivity index (χ0v) is 13.1. The summed E-state index contributed by atoms with van der Waals surface area (Å²) < 4.78 is 16.9. The number of rotatable bonds is 8. The Balaban J connectivity index is 3.17. The van der Waals surface area contributed by atoms with Gasteiger partial charge in [-0.2, -0.15) is 0 Å². The summed E-state index contributed by atoms with van der Waals surface area (Å²) in [5.74, 6) is 0. The van der Waals surface area contributed by atoms with Crippen LogP contribution in [-0.2, 0) is 21.9 Å². The Labute approximate surface area is 116 Å². The van der Waals surface area contributed by atoms with Crippen molar-refractivity contribution >= 4 is 12.9 Å². The van der Waals surface area contributed by atoms with Gasteiger partial charge in [-0.25, -0.2) is 0 Å². The Hall–Kier alpha value is -0.630. The molecule has 0 spiro atoms. The first-order valence-electron chi connectivity index (χ1n) is 7.06. The number of hydrogen-bond acceptors (Lipinski definition) is 2. The fourth-order valence-electron chi connectivity index (χ4n) is 2.23. The van der Waals surface area contributed by atoms with Crippen LogP contribution in [0.25, 0.3) is 0 Å². The molecule has 1 aromatic carbocycles. The normalized spacial score (nSPS) is 14.3. The molecular weight excluding hydrogens is 259 g/mol. The van der Waals surface area contributed by atoms with E-state index in [4.69, 9.17) is 4.52 Å². The zero-order valence-electron chi connectivity index (χ0n) is 12.2. The summed E-state index contributed by atoms with van der Waals surface area (Å²) in [4.78, 5) is 9.96. The minimum absolute atomic E-state index is 0.483. The van der Waals surface area contributed by atoms with Crippen LogP contribution in [0, 0.1) is 0 Å². The summed E-state index contributed by atoms with van der Waals surface area (Å²) >= 11 is 0. The van der Waals surface area contributed by atoms with Gasteiger partial charge in [-0.1, -0.05) is 38.8 Å². The highest BCUT2D eigenvalue weighted by atomic mass is 31.2. The standard InChI is InChI=1S/C15H25O3P/c1-4-6-9-13-10-8-12-15(19(16,17)18-3)14(13)11-7-5-2/h8,10,12H,4-7,9,11H2,1-3H3,(H,16,17). The summed E-state index contributed by atoms with van der Waals surface area (Å²) in [5, 5.41) is 0.483. The smallest absolute Gasteiger partial charge is 0.321 e. The van der Waals surface area contributed by atoms with Gasteiger partial charge >= 0.3 is 7.60 Å². The molecule has 0 fully saturated rings. The van der Waals surface area contributed by atoms with Gasteiger partial charge in [0.15, 0.2) is 0 Å². The molecule has 0 aliphatic heterocycles. The van der Waals surface area contributed by atoms with Gasteiger partial charge in [-0.3, -0.25) is 4.57 Å². The molecule has 0 saturated carbocycles. The highest BCUT2D eigenvalue weighted by molar-refractivity contribution is 7.61. The van der Waals surface area contributed by atoms with Crippen LogP contribution in [-0.4, -0.2) is 12.0 Å². The maximum Gasteiger partial charge on any atom is 0.358 e. The van der Waals surface area contributed by atoms with E-state index < -0.39 is 7.60 Å². The number of aryl methyl sites for hydroxylation is 1. The van der Waals surface area contributed by atoms with Crippen molar-refractivity contribution in [2.45, 2.75) is 52.4 Å². The van der Waals surface area contributed by atoms with Crippen LogP contribution in [0.15, 0.2) is 18.2 Å². The predicted molar refractivity (Wildman–Crippen MR) is 80.1 cm³/mol. The molecule has 0 radical (unpaired) electrons. The maximum absolute atomic E-state index is 12.1. The quantitative estimate of drug-likeness (QED) is 0.738. The third-order valence-corrected chi connectivity index (χ3v) is 4.90. The lowest BCUT2D eigenvalue weighted by Gasteiger charge is -2.17. The van der Waals surface area contributed by atoms with E-state index >= 15 is 0 Å². The Morgan fingerprint density at radius 1 is 1.16 bits per heavy atom. The monoisotopic (exact) mass is 284 g/mol. The summed E-state index contributed by atoms with van der Waals surface area (Å²) in [7, 11) is -2.37. The van der Waals surface area contributed by atoms with Crippen molar-refractivity contribution in [3.63, 3.8) is 0 Å². The third-order valence-electron chi connectivity index (χ3n) is 3.38. The fraction of sp³-hybridized carbons (Fsp3) is 0.600. The van der Waals surface area contributed by atoms with Crippen molar-refractivity contribution in [2.24, 2.45) is 0 Å². The average Bonchev–Trinajstić information content (AvgIpc) is 2.42. The molecule has 0 aromatic heterocycles. The molecule has 0 aliphatic rings. The van der Waals surface area contributed by atoms with E-state index in [9.17, 15) is 9.46 Å². The Morgan fingerprint density at radius 3 is 2.37 bits per heavy atom. The molecule has 1 aromatic rings. The Bertz CT molecular complexity index is 443. The molecule has 19 heavy (non-hydrogen) atoms. The molecule has 3 nitrogen and oxygen atoms in total. The van der Waals surface area contributed by atoms with Crippen LogP contribution in [0.5, 0.6) is 0 Å². The van der Waals surface area contributed by atoms with Crippen molar-refractivity contribution in [3.05, 3.63) is 29.3 Å². The predicted octanol–water partition coefficient (Wildman–Crippen LogP) is 3.83. The zero-order chi connectivity index (χ0) is 14.3. The summed E-state index contributed by atoms with van der Waals surface area (Å²) in [5.41, 5.74) is 2.21. The van der Waals surface area contributed by atoms with Gasteiger partial charge in [-0.15, -0.1) is 0 Å².